The Morgan fingerprint density at radius 1 is 1.16 bits per heavy atom. The van der Waals surface area contributed by atoms with Gasteiger partial charge in [-0.1, -0.05) is 29.8 Å². The highest BCUT2D eigenvalue weighted by Crippen LogP contribution is 2.17. The molecule has 0 spiro atoms. The molecule has 3 rings (SSSR count). The number of hydrogen-bond donors (Lipinski definition) is 1. The maximum Gasteiger partial charge on any atom is 0.260 e. The average Bonchev–Trinajstić information content (AvgIpc) is 3.03. The third kappa shape index (κ3) is 4.54. The van der Waals surface area contributed by atoms with Crippen LogP contribution < -0.4 is 10.1 Å². The van der Waals surface area contributed by atoms with E-state index < -0.39 is 6.10 Å². The van der Waals surface area contributed by atoms with Crippen molar-refractivity contribution < 1.29 is 9.53 Å². The number of nitrogens with zero attached hydrogens (tertiary/aromatic N) is 1. The van der Waals surface area contributed by atoms with Crippen LogP contribution in [0.3, 0.4) is 0 Å². The van der Waals surface area contributed by atoms with Crippen LogP contribution in [0.4, 0.5) is 0 Å². The molecule has 130 valence electrons. The van der Waals surface area contributed by atoms with Gasteiger partial charge < -0.3 is 14.6 Å². The highest BCUT2D eigenvalue weighted by atomic mass is 35.5. The van der Waals surface area contributed by atoms with Gasteiger partial charge in [0.25, 0.3) is 5.91 Å². The fraction of sp³-hybridized carbons (Fsp3) is 0.250. The Morgan fingerprint density at radius 2 is 1.92 bits per heavy atom. The van der Waals surface area contributed by atoms with Crippen molar-refractivity contribution in [1.29, 1.82) is 0 Å². The van der Waals surface area contributed by atoms with Gasteiger partial charge in [0, 0.05) is 29.8 Å². The maximum atomic E-state index is 12.1. The number of aryl methyl sites for hydroxylation is 1. The van der Waals surface area contributed by atoms with Crippen LogP contribution in [-0.2, 0) is 11.3 Å². The summed E-state index contributed by atoms with van der Waals surface area (Å²) in [5.74, 6) is 0.512. The number of nitrogens with one attached hydrogen (secondary N) is 1. The van der Waals surface area contributed by atoms with E-state index in [2.05, 4.69) is 34.3 Å². The molecular formula is C20H21ClN2O2. The van der Waals surface area contributed by atoms with E-state index in [0.717, 1.165) is 13.0 Å². The van der Waals surface area contributed by atoms with Gasteiger partial charge in [-0.15, -0.1) is 0 Å². The van der Waals surface area contributed by atoms with Crippen LogP contribution in [0.25, 0.3) is 10.9 Å². The molecule has 3 aromatic rings. The van der Waals surface area contributed by atoms with Crippen molar-refractivity contribution in [3.05, 3.63) is 65.8 Å². The first-order valence-electron chi connectivity index (χ1n) is 8.37. The smallest absolute Gasteiger partial charge is 0.260 e. The number of fused-ring (bicyclic) bond motifs is 1. The summed E-state index contributed by atoms with van der Waals surface area (Å²) in [5, 5.41) is 4.79. The lowest BCUT2D eigenvalue weighted by atomic mass is 10.2. The summed E-state index contributed by atoms with van der Waals surface area (Å²) < 4.78 is 7.82. The first-order valence-corrected chi connectivity index (χ1v) is 8.75. The van der Waals surface area contributed by atoms with Gasteiger partial charge >= 0.3 is 0 Å². The van der Waals surface area contributed by atoms with Crippen LogP contribution >= 0.6 is 11.6 Å². The molecule has 1 unspecified atom stereocenters. The monoisotopic (exact) mass is 356 g/mol. The Hall–Kier alpha value is -2.46. The zero-order valence-corrected chi connectivity index (χ0v) is 14.9. The fourth-order valence-electron chi connectivity index (χ4n) is 2.71. The van der Waals surface area contributed by atoms with Crippen LogP contribution in [0.15, 0.2) is 60.8 Å². The third-order valence-corrected chi connectivity index (χ3v) is 4.30. The number of amides is 1. The molecule has 1 atom stereocenters. The Morgan fingerprint density at radius 3 is 2.72 bits per heavy atom. The van der Waals surface area contributed by atoms with E-state index in [-0.39, 0.29) is 5.91 Å². The van der Waals surface area contributed by atoms with Crippen molar-refractivity contribution in [2.75, 3.05) is 6.54 Å². The van der Waals surface area contributed by atoms with Gasteiger partial charge in [0.05, 0.1) is 0 Å². The normalized spacial score (nSPS) is 12.1. The molecule has 5 heteroatoms. The molecule has 0 fully saturated rings. The van der Waals surface area contributed by atoms with Gasteiger partial charge in [-0.2, -0.15) is 0 Å². The lowest BCUT2D eigenvalue weighted by Gasteiger charge is -2.15. The van der Waals surface area contributed by atoms with Crippen LogP contribution in [0.2, 0.25) is 5.02 Å². The molecule has 0 aliphatic heterocycles. The van der Waals surface area contributed by atoms with Crippen LogP contribution in [0.1, 0.15) is 13.3 Å². The summed E-state index contributed by atoms with van der Waals surface area (Å²) in [7, 11) is 0. The van der Waals surface area contributed by atoms with E-state index in [0.29, 0.717) is 17.3 Å². The molecule has 1 aromatic heterocycles. The zero-order chi connectivity index (χ0) is 17.6. The molecular weight excluding hydrogens is 336 g/mol. The molecule has 4 nitrogen and oxygen atoms in total. The van der Waals surface area contributed by atoms with Crippen molar-refractivity contribution in [3.8, 4) is 5.75 Å². The van der Waals surface area contributed by atoms with E-state index in [9.17, 15) is 4.79 Å². The number of rotatable bonds is 7. The first-order chi connectivity index (χ1) is 12.1. The number of carbonyl (C=O) groups excluding carboxylic acids is 1. The summed E-state index contributed by atoms with van der Waals surface area (Å²) >= 11 is 5.84. The quantitative estimate of drug-likeness (QED) is 0.642. The second-order valence-electron chi connectivity index (χ2n) is 5.93. The molecule has 2 aromatic carbocycles. The molecule has 0 aliphatic rings. The first kappa shape index (κ1) is 17.4. The number of halogens is 1. The molecule has 1 N–H and O–H groups in total. The maximum absolute atomic E-state index is 12.1. The molecule has 1 amide bonds. The van der Waals surface area contributed by atoms with Crippen molar-refractivity contribution in [1.82, 2.24) is 9.88 Å². The van der Waals surface area contributed by atoms with Crippen LogP contribution in [0.5, 0.6) is 5.75 Å². The minimum atomic E-state index is -0.548. The minimum Gasteiger partial charge on any atom is -0.481 e. The molecule has 0 saturated carbocycles. The predicted molar refractivity (Wildman–Crippen MR) is 101 cm³/mol. The summed E-state index contributed by atoms with van der Waals surface area (Å²) in [6.45, 7) is 3.21. The minimum absolute atomic E-state index is 0.118. The Balaban J connectivity index is 1.43. The van der Waals surface area contributed by atoms with E-state index >= 15 is 0 Å². The van der Waals surface area contributed by atoms with E-state index in [1.54, 1.807) is 31.2 Å². The molecule has 1 heterocycles. The molecule has 0 saturated heterocycles. The van der Waals surface area contributed by atoms with Gasteiger partial charge in [0.2, 0.25) is 0 Å². The van der Waals surface area contributed by atoms with Crippen molar-refractivity contribution in [3.63, 3.8) is 0 Å². The van der Waals surface area contributed by atoms with Gasteiger partial charge in [-0.25, -0.2) is 0 Å². The number of carbonyl (C=O) groups is 1. The van der Waals surface area contributed by atoms with Crippen LogP contribution in [-0.4, -0.2) is 23.1 Å². The van der Waals surface area contributed by atoms with Gasteiger partial charge in [-0.05, 0) is 55.1 Å². The zero-order valence-electron chi connectivity index (χ0n) is 14.1. The second kappa shape index (κ2) is 8.08. The topological polar surface area (TPSA) is 43.3 Å². The molecule has 0 aliphatic carbocycles. The SMILES string of the molecule is CC(Oc1ccc(Cl)cc1)C(=O)NCCCn1ccc2ccccc21. The number of hydrogen-bond acceptors (Lipinski definition) is 2. The Bertz CT molecular complexity index is 842. The van der Waals surface area contributed by atoms with Crippen molar-refractivity contribution in [2.45, 2.75) is 26.0 Å². The Kier molecular flexibility index (Phi) is 5.61. The van der Waals surface area contributed by atoms with E-state index in [4.69, 9.17) is 16.3 Å². The molecule has 0 bridgehead atoms. The standard InChI is InChI=1S/C20H21ClN2O2/c1-15(25-18-9-7-17(21)8-10-18)20(24)22-12-4-13-23-14-11-16-5-2-3-6-19(16)23/h2-3,5-11,14-15H,4,12-13H2,1H3,(H,22,24). The van der Waals surface area contributed by atoms with E-state index in [1.807, 2.05) is 12.1 Å². The number of para-hydroxylation sites is 1. The average molecular weight is 357 g/mol. The number of ether oxygens (including phenoxy) is 1. The lowest BCUT2D eigenvalue weighted by Crippen LogP contribution is -2.37. The van der Waals surface area contributed by atoms with Crippen LogP contribution in [0, 0.1) is 0 Å². The third-order valence-electron chi connectivity index (χ3n) is 4.05. The summed E-state index contributed by atoms with van der Waals surface area (Å²) in [5.41, 5.74) is 1.22. The highest BCUT2D eigenvalue weighted by Gasteiger charge is 2.13. The fourth-order valence-corrected chi connectivity index (χ4v) is 2.84. The lowest BCUT2D eigenvalue weighted by molar-refractivity contribution is -0.127. The largest absolute Gasteiger partial charge is 0.481 e. The van der Waals surface area contributed by atoms with Gasteiger partial charge in [0.15, 0.2) is 6.10 Å². The van der Waals surface area contributed by atoms with Gasteiger partial charge in [0.1, 0.15) is 5.75 Å². The predicted octanol–water partition coefficient (Wildman–Crippen LogP) is 4.27. The number of benzene rings is 2. The summed E-state index contributed by atoms with van der Waals surface area (Å²) in [6.07, 6.45) is 2.39. The Labute approximate surface area is 152 Å². The van der Waals surface area contributed by atoms with Crippen molar-refractivity contribution in [2.24, 2.45) is 0 Å². The highest BCUT2D eigenvalue weighted by molar-refractivity contribution is 6.30. The molecule has 25 heavy (non-hydrogen) atoms. The van der Waals surface area contributed by atoms with E-state index in [1.165, 1.54) is 10.9 Å². The summed E-state index contributed by atoms with van der Waals surface area (Å²) in [4.78, 5) is 12.1. The second-order valence-corrected chi connectivity index (χ2v) is 6.36. The molecule has 0 radical (unpaired) electrons. The van der Waals surface area contributed by atoms with Gasteiger partial charge in [-0.3, -0.25) is 4.79 Å². The number of aromatic nitrogens is 1. The summed E-state index contributed by atoms with van der Waals surface area (Å²) in [6, 6.07) is 17.4. The van der Waals surface area contributed by atoms with Crippen molar-refractivity contribution >= 4 is 28.4 Å².